The van der Waals surface area contributed by atoms with Crippen LogP contribution in [0.5, 0.6) is 0 Å². The third-order valence-corrected chi connectivity index (χ3v) is 8.01. The van der Waals surface area contributed by atoms with Gasteiger partial charge in [0.05, 0.1) is 29.2 Å². The second-order valence-electron chi connectivity index (χ2n) is 9.90. The number of carboxylic acids is 2. The van der Waals surface area contributed by atoms with E-state index in [1.807, 2.05) is 6.07 Å². The summed E-state index contributed by atoms with van der Waals surface area (Å²) >= 11 is 8.31. The molecule has 0 atom stereocenters. The summed E-state index contributed by atoms with van der Waals surface area (Å²) in [6, 6.07) is 12.9. The highest BCUT2D eigenvalue weighted by atomic mass is 35.5. The number of hydrogen-bond acceptors (Lipinski definition) is 7. The van der Waals surface area contributed by atoms with Crippen molar-refractivity contribution in [3.63, 3.8) is 0 Å². The monoisotopic (exact) mass is 570 g/mol. The molecule has 2 aliphatic rings. The predicted molar refractivity (Wildman–Crippen MR) is 157 cm³/mol. The number of aryl methyl sites for hydroxylation is 1. The van der Waals surface area contributed by atoms with Crippen LogP contribution in [-0.4, -0.2) is 46.8 Å². The minimum Gasteiger partial charge on any atom is -0.481 e. The molecule has 0 spiro atoms. The van der Waals surface area contributed by atoms with Gasteiger partial charge in [-0.25, -0.2) is 4.98 Å². The van der Waals surface area contributed by atoms with Crippen molar-refractivity contribution in [2.24, 2.45) is 5.92 Å². The number of carbonyl (C=O) groups is 2. The fraction of sp³-hybridized carbons (Fsp3) is 0.414. The number of fused-ring (bicyclic) bond motifs is 1. The van der Waals surface area contributed by atoms with Crippen LogP contribution in [-0.2, 0) is 29.0 Å². The number of hydrogen-bond donors (Lipinski definition) is 5. The van der Waals surface area contributed by atoms with E-state index in [0.29, 0.717) is 0 Å². The lowest BCUT2D eigenvalue weighted by Crippen LogP contribution is -2.16. The molecule has 208 valence electrons. The number of aliphatic carboxylic acids is 2. The number of anilines is 2. The van der Waals surface area contributed by atoms with Crippen LogP contribution in [0.1, 0.15) is 47.3 Å². The number of thiazole rings is 1. The van der Waals surface area contributed by atoms with Gasteiger partial charge in [-0.15, -0.1) is 11.3 Å². The van der Waals surface area contributed by atoms with Gasteiger partial charge in [-0.3, -0.25) is 9.59 Å². The number of benzene rings is 2. The first kappa shape index (κ1) is 28.9. The molecule has 3 aromatic rings. The van der Waals surface area contributed by atoms with Crippen LogP contribution in [0.3, 0.4) is 0 Å². The Bertz CT molecular complexity index is 1280. The molecular weight excluding hydrogens is 536 g/mol. The second kappa shape index (κ2) is 13.8. The Morgan fingerprint density at radius 2 is 1.72 bits per heavy atom. The topological polar surface area (TPSA) is 124 Å². The van der Waals surface area contributed by atoms with Crippen molar-refractivity contribution in [2.45, 2.75) is 52.0 Å². The molecule has 1 aliphatic heterocycles. The number of nitrogens with zero attached hydrogens (tertiary/aromatic N) is 1. The Balaban J connectivity index is 0.000000386. The highest BCUT2D eigenvalue weighted by Crippen LogP contribution is 2.34. The zero-order chi connectivity index (χ0) is 27.8. The lowest BCUT2D eigenvalue weighted by molar-refractivity contribution is -0.143. The quantitative estimate of drug-likeness (QED) is 0.206. The predicted octanol–water partition coefficient (Wildman–Crippen LogP) is 5.83. The Morgan fingerprint density at radius 1 is 1.03 bits per heavy atom. The van der Waals surface area contributed by atoms with Gasteiger partial charge in [0.1, 0.15) is 0 Å². The van der Waals surface area contributed by atoms with Crippen LogP contribution < -0.4 is 16.0 Å². The molecule has 10 heteroatoms. The molecule has 39 heavy (non-hydrogen) atoms. The van der Waals surface area contributed by atoms with E-state index < -0.39 is 11.9 Å². The summed E-state index contributed by atoms with van der Waals surface area (Å²) in [5, 5.41) is 28.2. The summed E-state index contributed by atoms with van der Waals surface area (Å²) in [6.45, 7) is 6.00. The van der Waals surface area contributed by atoms with Crippen LogP contribution in [0.15, 0.2) is 36.4 Å². The summed E-state index contributed by atoms with van der Waals surface area (Å²) in [5.41, 5.74) is 7.36. The summed E-state index contributed by atoms with van der Waals surface area (Å²) in [7, 11) is 0. The van der Waals surface area contributed by atoms with E-state index in [4.69, 9.17) is 26.8 Å². The zero-order valence-corrected chi connectivity index (χ0v) is 23.6. The Kier molecular flexibility index (Phi) is 10.2. The van der Waals surface area contributed by atoms with E-state index in [2.05, 4.69) is 53.2 Å². The molecule has 1 aromatic heterocycles. The average Bonchev–Trinajstić information content (AvgIpc) is 3.71. The van der Waals surface area contributed by atoms with Crippen LogP contribution in [0.25, 0.3) is 11.3 Å². The van der Waals surface area contributed by atoms with Gasteiger partial charge in [-0.05, 0) is 74.4 Å². The van der Waals surface area contributed by atoms with Gasteiger partial charge in [0.25, 0.3) is 0 Å². The molecular formula is C29H35ClN4O4S. The molecule has 0 unspecified atom stereocenters. The first-order valence-electron chi connectivity index (χ1n) is 13.3. The third-order valence-electron chi connectivity index (χ3n) is 6.77. The number of halogens is 1. The van der Waals surface area contributed by atoms with Crippen molar-refractivity contribution in [1.29, 1.82) is 0 Å². The van der Waals surface area contributed by atoms with Crippen molar-refractivity contribution in [3.05, 3.63) is 63.0 Å². The molecule has 2 heterocycles. The van der Waals surface area contributed by atoms with Crippen LogP contribution in [0, 0.1) is 12.8 Å². The molecule has 0 saturated heterocycles. The lowest BCUT2D eigenvalue weighted by Gasteiger charge is -2.16. The van der Waals surface area contributed by atoms with Gasteiger partial charge < -0.3 is 26.2 Å². The summed E-state index contributed by atoms with van der Waals surface area (Å²) in [4.78, 5) is 25.4. The minimum atomic E-state index is -1.08. The summed E-state index contributed by atoms with van der Waals surface area (Å²) in [6.07, 6.45) is 4.18. The van der Waals surface area contributed by atoms with E-state index in [1.54, 1.807) is 11.3 Å². The van der Waals surface area contributed by atoms with Crippen LogP contribution >= 0.6 is 22.9 Å². The molecule has 0 bridgehead atoms. The third kappa shape index (κ3) is 8.68. The molecule has 5 N–H and O–H groups in total. The van der Waals surface area contributed by atoms with Gasteiger partial charge in [0, 0.05) is 23.5 Å². The van der Waals surface area contributed by atoms with E-state index in [1.165, 1.54) is 40.0 Å². The molecule has 0 amide bonds. The van der Waals surface area contributed by atoms with E-state index in [0.717, 1.165) is 66.5 Å². The highest BCUT2D eigenvalue weighted by molar-refractivity contribution is 7.16. The van der Waals surface area contributed by atoms with Crippen molar-refractivity contribution in [1.82, 2.24) is 10.3 Å². The normalized spacial score (nSPS) is 14.4. The van der Waals surface area contributed by atoms with Gasteiger partial charge in [0.2, 0.25) is 0 Å². The number of rotatable bonds is 10. The number of carboxylic acid groups (broad SMARTS) is 2. The fourth-order valence-corrected chi connectivity index (χ4v) is 5.50. The lowest BCUT2D eigenvalue weighted by atomic mass is 10.0. The standard InChI is InChI=1S/C25H29ClN4S.C4H6O4/c1-16-23(30-25(31-16)29-15-17-2-3-17)20-6-4-18(5-7-20)14-28-24-21-11-13-27-12-10-19(21)8-9-22(24)26;5-3(6)1-2-4(7)8/h4-9,17,27-28H,2-3,10-15H2,1H3,(H,29,30);1-2H2,(H,5,6)(H,7,8). The Hall–Kier alpha value is -3.14. The van der Waals surface area contributed by atoms with Gasteiger partial charge in [0.15, 0.2) is 5.13 Å². The largest absolute Gasteiger partial charge is 0.481 e. The van der Waals surface area contributed by atoms with E-state index in [-0.39, 0.29) is 12.8 Å². The maximum absolute atomic E-state index is 9.64. The number of nitrogens with one attached hydrogen (secondary N) is 3. The maximum Gasteiger partial charge on any atom is 0.303 e. The Morgan fingerprint density at radius 3 is 2.38 bits per heavy atom. The van der Waals surface area contributed by atoms with Crippen molar-refractivity contribution < 1.29 is 19.8 Å². The van der Waals surface area contributed by atoms with Gasteiger partial charge in [-0.1, -0.05) is 41.9 Å². The minimum absolute atomic E-state index is 0.296. The van der Waals surface area contributed by atoms with E-state index in [9.17, 15) is 9.59 Å². The van der Waals surface area contributed by atoms with Crippen molar-refractivity contribution >= 4 is 45.7 Å². The molecule has 2 aromatic carbocycles. The summed E-state index contributed by atoms with van der Waals surface area (Å²) in [5.74, 6) is -1.30. The smallest absolute Gasteiger partial charge is 0.303 e. The summed E-state index contributed by atoms with van der Waals surface area (Å²) < 4.78 is 0. The van der Waals surface area contributed by atoms with Crippen LogP contribution in [0.2, 0.25) is 5.02 Å². The van der Waals surface area contributed by atoms with E-state index >= 15 is 0 Å². The van der Waals surface area contributed by atoms with Crippen LogP contribution in [0.4, 0.5) is 10.8 Å². The molecule has 5 rings (SSSR count). The fourth-order valence-electron chi connectivity index (χ4n) is 4.41. The van der Waals surface area contributed by atoms with Crippen molar-refractivity contribution in [3.8, 4) is 11.3 Å². The number of aromatic nitrogens is 1. The SMILES string of the molecule is Cc1sc(NCC2CC2)nc1-c1ccc(CNc2c(Cl)ccc3c2CCNCC3)cc1.O=C(O)CCC(=O)O. The Labute approximate surface area is 237 Å². The first-order chi connectivity index (χ1) is 18.8. The molecule has 0 radical (unpaired) electrons. The second-order valence-corrected chi connectivity index (χ2v) is 11.5. The van der Waals surface area contributed by atoms with Gasteiger partial charge in [-0.2, -0.15) is 0 Å². The van der Waals surface area contributed by atoms with Gasteiger partial charge >= 0.3 is 11.9 Å². The maximum atomic E-state index is 9.64. The molecule has 8 nitrogen and oxygen atoms in total. The average molecular weight is 571 g/mol. The molecule has 1 saturated carbocycles. The van der Waals surface area contributed by atoms with Crippen molar-refractivity contribution in [2.75, 3.05) is 30.3 Å². The first-order valence-corrected chi connectivity index (χ1v) is 14.5. The molecule has 1 fully saturated rings. The highest BCUT2D eigenvalue weighted by Gasteiger charge is 2.21. The zero-order valence-electron chi connectivity index (χ0n) is 22.1. The molecule has 1 aliphatic carbocycles.